The van der Waals surface area contributed by atoms with Gasteiger partial charge in [0.15, 0.2) is 17.6 Å². The Bertz CT molecular complexity index is 1380. The fraction of sp³-hybridized carbons (Fsp3) is 0.483. The highest BCUT2D eigenvalue weighted by molar-refractivity contribution is 7.99. The van der Waals surface area contributed by atoms with Crippen molar-refractivity contribution in [2.45, 2.75) is 58.7 Å². The van der Waals surface area contributed by atoms with E-state index in [4.69, 9.17) is 9.47 Å². The Morgan fingerprint density at radius 1 is 1.15 bits per heavy atom. The number of hydrogen-bond donors (Lipinski definition) is 2. The van der Waals surface area contributed by atoms with Crippen LogP contribution in [0.15, 0.2) is 35.5 Å². The van der Waals surface area contributed by atoms with Gasteiger partial charge >= 0.3 is 5.97 Å². The second-order valence-corrected chi connectivity index (χ2v) is 13.0. The number of aromatic nitrogens is 3. The minimum Gasteiger partial charge on any atom is -0.484 e. The number of benzene rings is 1. The molecule has 0 radical (unpaired) electrons. The van der Waals surface area contributed by atoms with Crippen LogP contribution in [0.3, 0.4) is 0 Å². The van der Waals surface area contributed by atoms with Crippen molar-refractivity contribution in [2.75, 3.05) is 24.3 Å². The fourth-order valence-corrected chi connectivity index (χ4v) is 6.71. The first-order valence-electron chi connectivity index (χ1n) is 13.6. The Kier molecular flexibility index (Phi) is 10.1. The summed E-state index contributed by atoms with van der Waals surface area (Å²) in [6, 6.07) is 9.10. The second-order valence-electron chi connectivity index (χ2n) is 10.9. The van der Waals surface area contributed by atoms with Gasteiger partial charge < -0.3 is 24.7 Å². The Labute approximate surface area is 248 Å². The standard InChI is InChI=1S/C29H37N5O5S2/c1-6-38-27(37)25-20-13-12-18(29(2,3)4)14-21(20)41-26(25)31-24(36)17-40-28-33-32-22(34(28)5)15-30-23(35)16-39-19-10-8-7-9-11-19/h7-11,18H,6,12-17H2,1-5H3,(H,30,35)(H,31,36). The molecule has 1 atom stereocenters. The first-order chi connectivity index (χ1) is 19.6. The summed E-state index contributed by atoms with van der Waals surface area (Å²) >= 11 is 2.71. The zero-order valence-corrected chi connectivity index (χ0v) is 25.7. The zero-order valence-electron chi connectivity index (χ0n) is 24.1. The number of rotatable bonds is 11. The van der Waals surface area contributed by atoms with Crippen LogP contribution in [0, 0.1) is 11.3 Å². The number of para-hydroxylation sites is 1. The Balaban J connectivity index is 1.33. The Morgan fingerprint density at radius 3 is 2.61 bits per heavy atom. The normalized spacial score (nSPS) is 14.7. The average molecular weight is 600 g/mol. The lowest BCUT2D eigenvalue weighted by Crippen LogP contribution is -2.29. The highest BCUT2D eigenvalue weighted by Gasteiger charge is 2.34. The van der Waals surface area contributed by atoms with Crippen LogP contribution in [0.2, 0.25) is 0 Å². The highest BCUT2D eigenvalue weighted by Crippen LogP contribution is 2.44. The smallest absolute Gasteiger partial charge is 0.341 e. The van der Waals surface area contributed by atoms with Crippen LogP contribution >= 0.6 is 23.1 Å². The number of carbonyl (C=O) groups excluding carboxylic acids is 3. The molecular weight excluding hydrogens is 562 g/mol. The average Bonchev–Trinajstić information content (AvgIpc) is 3.48. The van der Waals surface area contributed by atoms with Gasteiger partial charge in [0.25, 0.3) is 5.91 Å². The van der Waals surface area contributed by atoms with Gasteiger partial charge in [-0.2, -0.15) is 0 Å². The molecule has 1 aromatic carbocycles. The molecule has 2 heterocycles. The van der Waals surface area contributed by atoms with Crippen molar-refractivity contribution in [1.29, 1.82) is 0 Å². The third-order valence-electron chi connectivity index (χ3n) is 7.04. The van der Waals surface area contributed by atoms with Gasteiger partial charge in [-0.05, 0) is 55.2 Å². The lowest BCUT2D eigenvalue weighted by Gasteiger charge is -2.33. The van der Waals surface area contributed by atoms with Gasteiger partial charge in [-0.1, -0.05) is 50.7 Å². The molecule has 2 N–H and O–H groups in total. The molecular formula is C29H37N5O5S2. The van der Waals surface area contributed by atoms with Crippen LogP contribution in [0.25, 0.3) is 0 Å². The predicted octanol–water partition coefficient (Wildman–Crippen LogP) is 4.63. The summed E-state index contributed by atoms with van der Waals surface area (Å²) in [5.74, 6) is 0.830. The number of fused-ring (bicyclic) bond motifs is 1. The van der Waals surface area contributed by atoms with Crippen LogP contribution < -0.4 is 15.4 Å². The third-order valence-corrected chi connectivity index (χ3v) is 9.23. The van der Waals surface area contributed by atoms with E-state index in [9.17, 15) is 14.4 Å². The molecule has 2 amide bonds. The molecule has 0 aliphatic heterocycles. The number of esters is 1. The largest absolute Gasteiger partial charge is 0.484 e. The third kappa shape index (κ3) is 7.88. The SMILES string of the molecule is CCOC(=O)c1c(NC(=O)CSc2nnc(CNC(=O)COc3ccccc3)n2C)sc2c1CCC(C(C)(C)C)C2. The van der Waals surface area contributed by atoms with Gasteiger partial charge in [-0.25, -0.2) is 4.79 Å². The van der Waals surface area contributed by atoms with E-state index in [-0.39, 0.29) is 42.7 Å². The van der Waals surface area contributed by atoms with Gasteiger partial charge in [0.05, 0.1) is 24.5 Å². The molecule has 0 fully saturated rings. The first-order valence-corrected chi connectivity index (χ1v) is 15.4. The maximum absolute atomic E-state index is 13.0. The molecule has 1 unspecified atom stereocenters. The van der Waals surface area contributed by atoms with Crippen LogP contribution in [-0.2, 0) is 40.8 Å². The summed E-state index contributed by atoms with van der Waals surface area (Å²) in [6.45, 7) is 8.84. The molecule has 2 aromatic heterocycles. The van der Waals surface area contributed by atoms with Crippen LogP contribution in [0.4, 0.5) is 5.00 Å². The number of nitrogens with zero attached hydrogens (tertiary/aromatic N) is 3. The summed E-state index contributed by atoms with van der Waals surface area (Å²) in [5, 5.41) is 15.1. The van der Waals surface area contributed by atoms with E-state index in [1.54, 1.807) is 30.7 Å². The van der Waals surface area contributed by atoms with Crippen LogP contribution in [0.1, 0.15) is 60.7 Å². The maximum atomic E-state index is 13.0. The number of amides is 2. The molecule has 41 heavy (non-hydrogen) atoms. The van der Waals surface area contributed by atoms with Crippen molar-refractivity contribution in [3.8, 4) is 5.75 Å². The van der Waals surface area contributed by atoms with Gasteiger partial charge in [0.1, 0.15) is 10.8 Å². The van der Waals surface area contributed by atoms with Crippen molar-refractivity contribution in [2.24, 2.45) is 18.4 Å². The summed E-state index contributed by atoms with van der Waals surface area (Å²) in [6.07, 6.45) is 2.68. The minimum atomic E-state index is -0.392. The summed E-state index contributed by atoms with van der Waals surface area (Å²) in [5.41, 5.74) is 1.66. The Hall–Kier alpha value is -3.38. The van der Waals surface area contributed by atoms with Gasteiger partial charge in [0, 0.05) is 11.9 Å². The van der Waals surface area contributed by atoms with Crippen LogP contribution in [0.5, 0.6) is 5.75 Å². The fourth-order valence-electron chi connectivity index (χ4n) is 4.64. The van der Waals surface area contributed by atoms with E-state index < -0.39 is 5.97 Å². The number of ether oxygens (including phenoxy) is 2. The molecule has 0 saturated carbocycles. The Morgan fingerprint density at radius 2 is 1.90 bits per heavy atom. The van der Waals surface area contributed by atoms with Crippen molar-refractivity contribution < 1.29 is 23.9 Å². The highest BCUT2D eigenvalue weighted by atomic mass is 32.2. The van der Waals surface area contributed by atoms with Crippen molar-refractivity contribution in [3.05, 3.63) is 52.2 Å². The lowest BCUT2D eigenvalue weighted by molar-refractivity contribution is -0.123. The molecule has 12 heteroatoms. The van der Waals surface area contributed by atoms with E-state index in [1.807, 2.05) is 18.2 Å². The molecule has 0 bridgehead atoms. The van der Waals surface area contributed by atoms with Gasteiger partial charge in [0.2, 0.25) is 5.91 Å². The molecule has 220 valence electrons. The minimum absolute atomic E-state index is 0.0820. The number of anilines is 1. The molecule has 3 aromatic rings. The van der Waals surface area contributed by atoms with Gasteiger partial charge in [-0.3, -0.25) is 9.59 Å². The number of thioether (sulfide) groups is 1. The van der Waals surface area contributed by atoms with E-state index in [2.05, 4.69) is 41.6 Å². The topological polar surface area (TPSA) is 124 Å². The monoisotopic (exact) mass is 599 g/mol. The lowest BCUT2D eigenvalue weighted by atomic mass is 9.72. The molecule has 10 nitrogen and oxygen atoms in total. The number of thiophene rings is 1. The number of hydrogen-bond acceptors (Lipinski definition) is 9. The predicted molar refractivity (Wildman–Crippen MR) is 159 cm³/mol. The molecule has 1 aliphatic carbocycles. The van der Waals surface area contributed by atoms with Crippen molar-refractivity contribution in [3.63, 3.8) is 0 Å². The van der Waals surface area contributed by atoms with E-state index in [0.29, 0.717) is 33.2 Å². The zero-order chi connectivity index (χ0) is 29.6. The maximum Gasteiger partial charge on any atom is 0.341 e. The molecule has 1 aliphatic rings. The van der Waals surface area contributed by atoms with Crippen molar-refractivity contribution in [1.82, 2.24) is 20.1 Å². The van der Waals surface area contributed by atoms with E-state index in [0.717, 1.165) is 29.7 Å². The molecule has 0 saturated heterocycles. The molecule has 0 spiro atoms. The first kappa shape index (κ1) is 30.6. The summed E-state index contributed by atoms with van der Waals surface area (Å²) in [4.78, 5) is 39.2. The van der Waals surface area contributed by atoms with E-state index >= 15 is 0 Å². The molecule has 4 rings (SSSR count). The number of carbonyl (C=O) groups is 3. The summed E-state index contributed by atoms with van der Waals surface area (Å²) < 4.78 is 12.5. The number of nitrogens with one attached hydrogen (secondary N) is 2. The second kappa shape index (κ2) is 13.5. The van der Waals surface area contributed by atoms with E-state index in [1.165, 1.54) is 23.1 Å². The van der Waals surface area contributed by atoms with Crippen LogP contribution in [-0.4, -0.2) is 51.5 Å². The summed E-state index contributed by atoms with van der Waals surface area (Å²) in [7, 11) is 1.78. The quantitative estimate of drug-likeness (QED) is 0.242. The van der Waals surface area contributed by atoms with Crippen molar-refractivity contribution >= 4 is 45.9 Å². The van der Waals surface area contributed by atoms with Gasteiger partial charge in [-0.15, -0.1) is 21.5 Å².